The van der Waals surface area contributed by atoms with Gasteiger partial charge in [0.2, 0.25) is 0 Å². The molecule has 0 saturated heterocycles. The monoisotopic (exact) mass is 272 g/mol. The molecular weight excluding hydrogens is 260 g/mol. The van der Waals surface area contributed by atoms with Gasteiger partial charge in [0, 0.05) is 5.02 Å². The van der Waals surface area contributed by atoms with E-state index >= 15 is 0 Å². The summed E-state index contributed by atoms with van der Waals surface area (Å²) in [4.78, 5) is 11.4. The van der Waals surface area contributed by atoms with Gasteiger partial charge in [-0.3, -0.25) is 0 Å². The topological polar surface area (TPSA) is 37.3 Å². The molecule has 0 fully saturated rings. The number of carboxylic acid groups (broad SMARTS) is 1. The van der Waals surface area contributed by atoms with E-state index < -0.39 is 5.97 Å². The van der Waals surface area contributed by atoms with Crippen molar-refractivity contribution >= 4 is 29.2 Å². The summed E-state index contributed by atoms with van der Waals surface area (Å²) in [6.45, 7) is 1.97. The largest absolute Gasteiger partial charge is 0.478 e. The number of aliphatic carboxylic acids is 1. The van der Waals surface area contributed by atoms with Crippen LogP contribution in [0.25, 0.3) is 11.6 Å². The Morgan fingerprint density at radius 1 is 1.16 bits per heavy atom. The van der Waals surface area contributed by atoms with Crippen molar-refractivity contribution in [3.8, 4) is 0 Å². The van der Waals surface area contributed by atoms with Gasteiger partial charge in [-0.15, -0.1) is 0 Å². The highest BCUT2D eigenvalue weighted by Gasteiger charge is 2.10. The van der Waals surface area contributed by atoms with E-state index in [2.05, 4.69) is 0 Å². The molecule has 2 rings (SSSR count). The Hall–Kier alpha value is -2.06. The van der Waals surface area contributed by atoms with E-state index in [-0.39, 0.29) is 5.57 Å². The fourth-order valence-corrected chi connectivity index (χ4v) is 2.04. The number of aryl methyl sites for hydroxylation is 1. The second-order valence-corrected chi connectivity index (χ2v) is 4.72. The zero-order chi connectivity index (χ0) is 13.8. The number of halogens is 1. The Morgan fingerprint density at radius 3 is 2.53 bits per heavy atom. The van der Waals surface area contributed by atoms with Gasteiger partial charge in [-0.05, 0) is 36.3 Å². The quantitative estimate of drug-likeness (QED) is 0.669. The molecule has 0 spiro atoms. The molecule has 2 aromatic rings. The van der Waals surface area contributed by atoms with Gasteiger partial charge in [0.1, 0.15) is 0 Å². The molecule has 0 aliphatic rings. The molecule has 0 heterocycles. The first-order valence-electron chi connectivity index (χ1n) is 5.84. The minimum Gasteiger partial charge on any atom is -0.478 e. The fourth-order valence-electron chi connectivity index (χ4n) is 1.85. The van der Waals surface area contributed by atoms with Gasteiger partial charge in [-0.1, -0.05) is 53.6 Å². The molecule has 0 saturated carbocycles. The van der Waals surface area contributed by atoms with Crippen LogP contribution in [0, 0.1) is 6.92 Å². The first kappa shape index (κ1) is 13.4. The van der Waals surface area contributed by atoms with Crippen molar-refractivity contribution < 1.29 is 9.90 Å². The first-order chi connectivity index (χ1) is 9.06. The van der Waals surface area contributed by atoms with Crippen molar-refractivity contribution in [1.82, 2.24) is 0 Å². The van der Waals surface area contributed by atoms with Crippen LogP contribution in [0.5, 0.6) is 0 Å². The summed E-state index contributed by atoms with van der Waals surface area (Å²) in [5.41, 5.74) is 2.77. The normalized spacial score (nSPS) is 11.4. The third-order valence-electron chi connectivity index (χ3n) is 2.72. The standard InChI is InChI=1S/C16H13ClO2/c1-11-4-2-5-12(8-11)9-15(16(18)19)13-6-3-7-14(17)10-13/h2-10H,1H3,(H,18,19)/b15-9+. The van der Waals surface area contributed by atoms with Crippen molar-refractivity contribution in [3.63, 3.8) is 0 Å². The Bertz CT molecular complexity index is 645. The van der Waals surface area contributed by atoms with Gasteiger partial charge in [-0.2, -0.15) is 0 Å². The summed E-state index contributed by atoms with van der Waals surface area (Å²) in [5.74, 6) is -0.969. The van der Waals surface area contributed by atoms with Gasteiger partial charge >= 0.3 is 5.97 Å². The van der Waals surface area contributed by atoms with Crippen LogP contribution in [0.1, 0.15) is 16.7 Å². The molecule has 0 bridgehead atoms. The molecule has 1 N–H and O–H groups in total. The van der Waals surface area contributed by atoms with Crippen LogP contribution in [0.2, 0.25) is 5.02 Å². The average molecular weight is 273 g/mol. The molecule has 2 aromatic carbocycles. The molecular formula is C16H13ClO2. The Balaban J connectivity index is 2.49. The highest BCUT2D eigenvalue weighted by atomic mass is 35.5. The molecule has 0 unspecified atom stereocenters. The third kappa shape index (κ3) is 3.46. The predicted molar refractivity (Wildman–Crippen MR) is 78.1 cm³/mol. The molecule has 0 radical (unpaired) electrons. The fraction of sp³-hybridized carbons (Fsp3) is 0.0625. The highest BCUT2D eigenvalue weighted by molar-refractivity contribution is 6.31. The predicted octanol–water partition coefficient (Wildman–Crippen LogP) is 4.27. The summed E-state index contributed by atoms with van der Waals surface area (Å²) in [5, 5.41) is 9.86. The molecule has 0 atom stereocenters. The minimum absolute atomic E-state index is 0.230. The van der Waals surface area contributed by atoms with E-state index in [0.717, 1.165) is 11.1 Å². The first-order valence-corrected chi connectivity index (χ1v) is 6.21. The van der Waals surface area contributed by atoms with Crippen LogP contribution in [0.3, 0.4) is 0 Å². The lowest BCUT2D eigenvalue weighted by Crippen LogP contribution is -1.99. The van der Waals surface area contributed by atoms with Crippen molar-refractivity contribution in [2.24, 2.45) is 0 Å². The van der Waals surface area contributed by atoms with Crippen LogP contribution in [0.4, 0.5) is 0 Å². The molecule has 0 aliphatic carbocycles. The maximum atomic E-state index is 11.4. The van der Waals surface area contributed by atoms with E-state index in [1.165, 1.54) is 0 Å². The molecule has 96 valence electrons. The lowest BCUT2D eigenvalue weighted by atomic mass is 10.0. The molecule has 19 heavy (non-hydrogen) atoms. The second-order valence-electron chi connectivity index (χ2n) is 4.29. The number of carboxylic acids is 1. The molecule has 0 aromatic heterocycles. The average Bonchev–Trinajstić information content (AvgIpc) is 2.35. The number of hydrogen-bond donors (Lipinski definition) is 1. The molecule has 0 amide bonds. The van der Waals surface area contributed by atoms with Crippen LogP contribution in [-0.2, 0) is 4.79 Å². The van der Waals surface area contributed by atoms with E-state index in [1.54, 1.807) is 30.3 Å². The van der Waals surface area contributed by atoms with Gasteiger partial charge in [0.25, 0.3) is 0 Å². The third-order valence-corrected chi connectivity index (χ3v) is 2.95. The maximum Gasteiger partial charge on any atom is 0.336 e. The van der Waals surface area contributed by atoms with Crippen molar-refractivity contribution in [2.45, 2.75) is 6.92 Å². The zero-order valence-corrected chi connectivity index (χ0v) is 11.2. The Kier molecular flexibility index (Phi) is 4.03. The van der Waals surface area contributed by atoms with Gasteiger partial charge in [0.05, 0.1) is 5.57 Å². The van der Waals surface area contributed by atoms with Gasteiger partial charge in [-0.25, -0.2) is 4.79 Å². The number of benzene rings is 2. The van der Waals surface area contributed by atoms with E-state index in [1.807, 2.05) is 31.2 Å². The van der Waals surface area contributed by atoms with Crippen LogP contribution in [-0.4, -0.2) is 11.1 Å². The van der Waals surface area contributed by atoms with E-state index in [9.17, 15) is 9.90 Å². The summed E-state index contributed by atoms with van der Waals surface area (Å²) in [6, 6.07) is 14.5. The van der Waals surface area contributed by atoms with Crippen LogP contribution >= 0.6 is 11.6 Å². The summed E-state index contributed by atoms with van der Waals surface area (Å²) < 4.78 is 0. The van der Waals surface area contributed by atoms with E-state index in [0.29, 0.717) is 10.6 Å². The molecule has 2 nitrogen and oxygen atoms in total. The minimum atomic E-state index is -0.969. The SMILES string of the molecule is Cc1cccc(/C=C(/C(=O)O)c2cccc(Cl)c2)c1. The van der Waals surface area contributed by atoms with Crippen LogP contribution in [0.15, 0.2) is 48.5 Å². The summed E-state index contributed by atoms with van der Waals surface area (Å²) >= 11 is 5.90. The molecule has 3 heteroatoms. The Morgan fingerprint density at radius 2 is 1.89 bits per heavy atom. The van der Waals surface area contributed by atoms with E-state index in [4.69, 9.17) is 11.6 Å². The summed E-state index contributed by atoms with van der Waals surface area (Å²) in [7, 11) is 0. The van der Waals surface area contributed by atoms with Crippen molar-refractivity contribution in [3.05, 3.63) is 70.2 Å². The number of rotatable bonds is 3. The van der Waals surface area contributed by atoms with Crippen LogP contribution < -0.4 is 0 Å². The van der Waals surface area contributed by atoms with Gasteiger partial charge in [0.15, 0.2) is 0 Å². The Labute approximate surface area is 117 Å². The van der Waals surface area contributed by atoms with Crippen molar-refractivity contribution in [1.29, 1.82) is 0 Å². The highest BCUT2D eigenvalue weighted by Crippen LogP contribution is 2.22. The second kappa shape index (κ2) is 5.72. The number of hydrogen-bond acceptors (Lipinski definition) is 1. The summed E-state index contributed by atoms with van der Waals surface area (Å²) in [6.07, 6.45) is 1.65. The maximum absolute atomic E-state index is 11.4. The van der Waals surface area contributed by atoms with Crippen molar-refractivity contribution in [2.75, 3.05) is 0 Å². The lowest BCUT2D eigenvalue weighted by molar-refractivity contribution is -0.130. The number of carbonyl (C=O) groups is 1. The lowest BCUT2D eigenvalue weighted by Gasteiger charge is -2.04. The smallest absolute Gasteiger partial charge is 0.336 e. The van der Waals surface area contributed by atoms with Gasteiger partial charge < -0.3 is 5.11 Å². The zero-order valence-electron chi connectivity index (χ0n) is 10.4. The molecule has 0 aliphatic heterocycles.